The van der Waals surface area contributed by atoms with Gasteiger partial charge in [0.2, 0.25) is 0 Å². The molecule has 2 saturated heterocycles. The number of nitrogens with zero attached hydrogens (tertiary/aromatic N) is 4. The van der Waals surface area contributed by atoms with Crippen molar-refractivity contribution in [1.82, 2.24) is 9.80 Å². The molecule has 6 aromatic rings. The van der Waals surface area contributed by atoms with Gasteiger partial charge < -0.3 is 68.1 Å². The maximum absolute atomic E-state index is 16.4. The molecular formula is C62H72N6O12S. The predicted octanol–water partition coefficient (Wildman–Crippen LogP) is 9.39. The Morgan fingerprint density at radius 1 is 0.432 bits per heavy atom. The largest absolute Gasteiger partial charge is 0.496 e. The number of carbonyl (C=O) groups excluding carboxylic acids is 2. The lowest BCUT2D eigenvalue weighted by atomic mass is 10.1. The van der Waals surface area contributed by atoms with Gasteiger partial charge in [-0.15, -0.1) is 0 Å². The van der Waals surface area contributed by atoms with E-state index in [-0.39, 0.29) is 22.5 Å². The van der Waals surface area contributed by atoms with Crippen LogP contribution in [-0.2, 0) is 9.84 Å². The maximum atomic E-state index is 16.4. The zero-order valence-electron chi connectivity index (χ0n) is 47.6. The normalized spacial score (nSPS) is 15.0. The molecule has 2 atom stereocenters. The fourth-order valence-electron chi connectivity index (χ4n) is 9.91. The van der Waals surface area contributed by atoms with E-state index in [1.165, 1.54) is 56.9 Å². The molecule has 0 spiro atoms. The minimum Gasteiger partial charge on any atom is -0.496 e. The predicted molar refractivity (Wildman–Crippen MR) is 319 cm³/mol. The summed E-state index contributed by atoms with van der Waals surface area (Å²) in [6.45, 7) is 7.20. The van der Waals surface area contributed by atoms with E-state index in [1.807, 2.05) is 24.3 Å². The highest BCUT2D eigenvalue weighted by atomic mass is 32.2. The monoisotopic (exact) mass is 1120 g/mol. The second-order valence-electron chi connectivity index (χ2n) is 19.5. The maximum Gasteiger partial charge on any atom is 0.255 e. The third kappa shape index (κ3) is 13.6. The van der Waals surface area contributed by atoms with Crippen molar-refractivity contribution in [3.63, 3.8) is 0 Å². The Morgan fingerprint density at radius 2 is 0.753 bits per heavy atom. The van der Waals surface area contributed by atoms with Crippen LogP contribution in [0, 0.1) is 0 Å². The van der Waals surface area contributed by atoms with Crippen LogP contribution in [-0.4, -0.2) is 153 Å². The zero-order valence-corrected chi connectivity index (χ0v) is 48.4. The topological polar surface area (TPSA) is 179 Å². The number of methoxy groups -OCH3 is 8. The van der Waals surface area contributed by atoms with Crippen LogP contribution in [0.5, 0.6) is 46.0 Å². The van der Waals surface area contributed by atoms with Gasteiger partial charge >= 0.3 is 0 Å². The first-order chi connectivity index (χ1) is 39.1. The van der Waals surface area contributed by atoms with Crippen LogP contribution in [0.4, 0.5) is 22.7 Å². The van der Waals surface area contributed by atoms with E-state index in [0.29, 0.717) is 68.2 Å². The lowest BCUT2D eigenvalue weighted by Crippen LogP contribution is -2.44. The van der Waals surface area contributed by atoms with E-state index in [9.17, 15) is 9.59 Å². The molecule has 2 unspecified atom stereocenters. The van der Waals surface area contributed by atoms with Gasteiger partial charge in [-0.3, -0.25) is 9.59 Å². The van der Waals surface area contributed by atoms with Crippen LogP contribution in [0.2, 0.25) is 0 Å². The number of anilines is 4. The summed E-state index contributed by atoms with van der Waals surface area (Å²) in [5.74, 6) is 2.01. The molecule has 2 aliphatic rings. The second kappa shape index (κ2) is 26.7. The van der Waals surface area contributed by atoms with Crippen LogP contribution in [0.25, 0.3) is 12.2 Å². The van der Waals surface area contributed by atoms with Crippen molar-refractivity contribution >= 4 is 56.6 Å². The zero-order chi connectivity index (χ0) is 57.8. The summed E-state index contributed by atoms with van der Waals surface area (Å²) in [7, 11) is 11.5. The minimum absolute atomic E-state index is 0.224. The standard InChI is InChI=1S/C62H72N6O12S/c1-65-27-31-67(32-28-65)45-17-11-41(12-18-45)61(69)63-51-35-43(15-23-53(51)75-5)59(25-21-49-55(77-7)37-47(73-3)38-56(49)78-8)81(71,72)60(26-22-50-57(79-9)39-48(74-4)40-58(50)80-10)44-16-24-54(76-6)52(36-44)64-62(70)42-13-19-46(20-14-42)68-33-29-66(2)30-34-68/h11-26,35-40,59-60H,27-34H2,1-10H3,(H,63,69)(H,64,70). The number of nitrogens with one attached hydrogen (secondary N) is 2. The molecule has 2 aliphatic heterocycles. The molecule has 19 heteroatoms. The molecule has 0 bridgehead atoms. The fourth-order valence-corrected chi connectivity index (χ4v) is 11.9. The van der Waals surface area contributed by atoms with E-state index >= 15 is 8.42 Å². The Balaban J connectivity index is 1.25. The minimum atomic E-state index is -4.59. The number of ether oxygens (including phenoxy) is 8. The Labute approximate surface area is 475 Å². The Hall–Kier alpha value is -8.39. The van der Waals surface area contributed by atoms with Gasteiger partial charge in [-0.2, -0.15) is 0 Å². The highest BCUT2D eigenvalue weighted by molar-refractivity contribution is 7.92. The van der Waals surface area contributed by atoms with Crippen LogP contribution >= 0.6 is 0 Å². The van der Waals surface area contributed by atoms with Gasteiger partial charge in [0.05, 0.1) is 79.4 Å². The number of sulfone groups is 1. The number of benzene rings is 6. The van der Waals surface area contributed by atoms with Gasteiger partial charge in [-0.1, -0.05) is 24.3 Å². The van der Waals surface area contributed by atoms with Gasteiger partial charge in [0.1, 0.15) is 56.5 Å². The number of hydrogen-bond donors (Lipinski definition) is 2. The average Bonchev–Trinajstić information content (AvgIpc) is 3.56. The molecule has 81 heavy (non-hydrogen) atoms. The van der Waals surface area contributed by atoms with Gasteiger partial charge in [0.25, 0.3) is 11.8 Å². The molecule has 2 heterocycles. The number of hydrogen-bond acceptors (Lipinski definition) is 16. The molecule has 2 fully saturated rings. The van der Waals surface area contributed by atoms with Gasteiger partial charge in [0.15, 0.2) is 9.84 Å². The average molecular weight is 1130 g/mol. The van der Waals surface area contributed by atoms with E-state index in [4.69, 9.17) is 37.9 Å². The lowest BCUT2D eigenvalue weighted by molar-refractivity contribution is 0.101. The Morgan fingerprint density at radius 3 is 1.05 bits per heavy atom. The summed E-state index contributed by atoms with van der Waals surface area (Å²) >= 11 is 0. The van der Waals surface area contributed by atoms with Crippen LogP contribution in [0.3, 0.4) is 0 Å². The first-order valence-electron chi connectivity index (χ1n) is 26.4. The molecule has 6 aromatic carbocycles. The Kier molecular flexibility index (Phi) is 19.4. The van der Waals surface area contributed by atoms with Crippen molar-refractivity contribution in [3.8, 4) is 46.0 Å². The number of carbonyl (C=O) groups is 2. The van der Waals surface area contributed by atoms with Gasteiger partial charge in [0, 0.05) is 99.1 Å². The number of likely N-dealkylation sites (N-methyl/N-ethyl adjacent to an activating group) is 2. The van der Waals surface area contributed by atoms with Crippen molar-refractivity contribution in [2.24, 2.45) is 0 Å². The lowest BCUT2D eigenvalue weighted by Gasteiger charge is -2.34. The Bertz CT molecular complexity index is 3070. The smallest absolute Gasteiger partial charge is 0.255 e. The van der Waals surface area contributed by atoms with Crippen molar-refractivity contribution in [1.29, 1.82) is 0 Å². The molecule has 8 rings (SSSR count). The molecule has 2 N–H and O–H groups in total. The summed E-state index contributed by atoms with van der Waals surface area (Å²) < 4.78 is 78.6. The highest BCUT2D eigenvalue weighted by Crippen LogP contribution is 2.44. The van der Waals surface area contributed by atoms with Crippen LogP contribution in [0.1, 0.15) is 53.5 Å². The molecule has 18 nitrogen and oxygen atoms in total. The van der Waals surface area contributed by atoms with Crippen molar-refractivity contribution in [2.75, 3.05) is 144 Å². The van der Waals surface area contributed by atoms with Crippen molar-refractivity contribution in [3.05, 3.63) is 155 Å². The quantitative estimate of drug-likeness (QED) is 0.0656. The van der Waals surface area contributed by atoms with E-state index in [1.54, 1.807) is 109 Å². The second-order valence-corrected chi connectivity index (χ2v) is 21.7. The van der Waals surface area contributed by atoms with Crippen molar-refractivity contribution < 1.29 is 55.9 Å². The molecular weight excluding hydrogens is 1050 g/mol. The van der Waals surface area contributed by atoms with Gasteiger partial charge in [-0.05, 0) is 110 Å². The summed E-state index contributed by atoms with van der Waals surface area (Å²) in [6, 6.07) is 31.1. The molecule has 0 aromatic heterocycles. The third-order valence-corrected chi connectivity index (χ3v) is 17.0. The summed E-state index contributed by atoms with van der Waals surface area (Å²) in [6.07, 6.45) is 6.32. The molecule has 0 aliphatic carbocycles. The number of piperazine rings is 2. The molecule has 0 saturated carbocycles. The molecule has 428 valence electrons. The fraction of sp³-hybridized carbons (Fsp3) is 0.323. The number of amides is 2. The summed E-state index contributed by atoms with van der Waals surface area (Å²) in [5, 5.41) is 3.04. The SMILES string of the molecule is COc1cc(OC)c(C=CC(c2ccc(OC)c(NC(=O)c3ccc(N4CCN(C)CC4)cc3)c2)S(=O)(=O)C(C=Cc2c(OC)cc(OC)cc2OC)c2ccc(OC)c(NC(=O)c3ccc(N4CCN(C)CC4)cc3)c2)c(OC)c1. The van der Waals surface area contributed by atoms with Crippen LogP contribution < -0.4 is 58.3 Å². The van der Waals surface area contributed by atoms with Gasteiger partial charge in [-0.25, -0.2) is 8.42 Å². The summed E-state index contributed by atoms with van der Waals surface area (Å²) in [4.78, 5) is 37.4. The van der Waals surface area contributed by atoms with E-state index < -0.39 is 32.2 Å². The number of rotatable bonds is 22. The van der Waals surface area contributed by atoms with Crippen molar-refractivity contribution in [2.45, 2.75) is 10.5 Å². The summed E-state index contributed by atoms with van der Waals surface area (Å²) in [5.41, 5.74) is 4.63. The van der Waals surface area contributed by atoms with E-state index in [0.717, 1.165) is 63.7 Å². The third-order valence-electron chi connectivity index (χ3n) is 14.7. The molecule has 2 amide bonds. The van der Waals surface area contributed by atoms with E-state index in [2.05, 4.69) is 44.3 Å². The first kappa shape index (κ1) is 58.8. The highest BCUT2D eigenvalue weighted by Gasteiger charge is 2.36. The molecule has 0 radical (unpaired) electrons. The first-order valence-corrected chi connectivity index (χ1v) is 28.0. The van der Waals surface area contributed by atoms with Crippen LogP contribution in [0.15, 0.2) is 121 Å².